The van der Waals surface area contributed by atoms with E-state index < -0.39 is 0 Å². The monoisotopic (exact) mass is 127 g/mol. The smallest absolute Gasteiger partial charge is 0.0134 e. The molecule has 0 aromatic heterocycles. The summed E-state index contributed by atoms with van der Waals surface area (Å²) >= 11 is 0. The number of rotatable bonds is 5. The summed E-state index contributed by atoms with van der Waals surface area (Å²) in [6.45, 7) is 6.49. The second-order valence-corrected chi connectivity index (χ2v) is 2.08. The van der Waals surface area contributed by atoms with Crippen LogP contribution < -0.4 is 5.32 Å². The average Bonchev–Trinajstić information content (AvgIpc) is 1.89. The minimum absolute atomic E-state index is 1.03. The molecule has 0 atom stereocenters. The molecule has 1 heteroatoms. The average molecular weight is 127 g/mol. The van der Waals surface area contributed by atoms with Crippen molar-refractivity contribution in [1.29, 1.82) is 0 Å². The molecule has 0 saturated carbocycles. The normalized spacial score (nSPS) is 10.9. The van der Waals surface area contributed by atoms with Gasteiger partial charge in [0.1, 0.15) is 0 Å². The van der Waals surface area contributed by atoms with Gasteiger partial charge >= 0.3 is 0 Å². The molecule has 0 rings (SSSR count). The summed E-state index contributed by atoms with van der Waals surface area (Å²) in [5.74, 6) is 0. The van der Waals surface area contributed by atoms with E-state index in [4.69, 9.17) is 0 Å². The van der Waals surface area contributed by atoms with Gasteiger partial charge in [-0.3, -0.25) is 0 Å². The van der Waals surface area contributed by atoms with E-state index in [9.17, 15) is 0 Å². The molecule has 1 nitrogen and oxygen atoms in total. The molecule has 0 aliphatic heterocycles. The van der Waals surface area contributed by atoms with Gasteiger partial charge in [-0.1, -0.05) is 26.0 Å². The Balaban J connectivity index is 2.82. The summed E-state index contributed by atoms with van der Waals surface area (Å²) in [5.41, 5.74) is 0. The summed E-state index contributed by atoms with van der Waals surface area (Å²) in [6.07, 6.45) is 6.73. The lowest BCUT2D eigenvalue weighted by molar-refractivity contribution is 0.728. The third kappa shape index (κ3) is 7.70. The summed E-state index contributed by atoms with van der Waals surface area (Å²) in [5, 5.41) is 3.28. The number of allylic oxidation sites excluding steroid dienone is 1. The lowest BCUT2D eigenvalue weighted by Crippen LogP contribution is -2.13. The summed E-state index contributed by atoms with van der Waals surface area (Å²) in [6, 6.07) is 0. The molecule has 0 heterocycles. The third-order valence-electron chi connectivity index (χ3n) is 1.09. The Labute approximate surface area is 58.2 Å². The third-order valence-corrected chi connectivity index (χ3v) is 1.09. The van der Waals surface area contributed by atoms with E-state index in [1.165, 1.54) is 6.42 Å². The van der Waals surface area contributed by atoms with E-state index in [1.54, 1.807) is 0 Å². The van der Waals surface area contributed by atoms with Crippen LogP contribution in [0, 0.1) is 0 Å². The van der Waals surface area contributed by atoms with Crippen LogP contribution in [0.4, 0.5) is 0 Å². The first-order valence-corrected chi connectivity index (χ1v) is 3.77. The van der Waals surface area contributed by atoms with Gasteiger partial charge in [-0.2, -0.15) is 0 Å². The highest BCUT2D eigenvalue weighted by Gasteiger charge is 1.75. The Morgan fingerprint density at radius 2 is 2.00 bits per heavy atom. The van der Waals surface area contributed by atoms with Crippen LogP contribution in [0.15, 0.2) is 12.2 Å². The number of nitrogens with one attached hydrogen (secondary N) is 1. The zero-order chi connectivity index (χ0) is 6.95. The van der Waals surface area contributed by atoms with Crippen molar-refractivity contribution >= 4 is 0 Å². The highest BCUT2D eigenvalue weighted by atomic mass is 14.8. The van der Waals surface area contributed by atoms with Crippen molar-refractivity contribution in [2.24, 2.45) is 0 Å². The Morgan fingerprint density at radius 1 is 1.22 bits per heavy atom. The molecule has 0 saturated heterocycles. The molecule has 0 amide bonds. The molecule has 0 unspecified atom stereocenters. The van der Waals surface area contributed by atoms with Crippen LogP contribution in [0.1, 0.15) is 26.7 Å². The predicted molar refractivity (Wildman–Crippen MR) is 42.6 cm³/mol. The van der Waals surface area contributed by atoms with E-state index in [0.717, 1.165) is 19.5 Å². The highest BCUT2D eigenvalue weighted by Crippen LogP contribution is 1.77. The molecular formula is C8H17N. The van der Waals surface area contributed by atoms with Crippen LogP contribution in [0.5, 0.6) is 0 Å². The van der Waals surface area contributed by atoms with Crippen LogP contribution >= 0.6 is 0 Å². The summed E-state index contributed by atoms with van der Waals surface area (Å²) in [7, 11) is 0. The first-order valence-electron chi connectivity index (χ1n) is 3.77. The first-order chi connectivity index (χ1) is 4.41. The van der Waals surface area contributed by atoms with Gasteiger partial charge in [0.05, 0.1) is 0 Å². The van der Waals surface area contributed by atoms with E-state index in [0.29, 0.717) is 0 Å². The molecule has 0 aromatic rings. The minimum atomic E-state index is 1.03. The van der Waals surface area contributed by atoms with Crippen LogP contribution in [0.25, 0.3) is 0 Å². The maximum atomic E-state index is 3.28. The summed E-state index contributed by atoms with van der Waals surface area (Å²) < 4.78 is 0. The standard InChI is InChI=1S/C8H17N/c1-3-5-6-8-9-7-4-2/h5-6,9H,3-4,7-8H2,1-2H3/b6-5-. The molecule has 0 radical (unpaired) electrons. The SMILES string of the molecule is CC/C=C\CNCCC. The lowest BCUT2D eigenvalue weighted by atomic mass is 10.4. The fourth-order valence-corrected chi connectivity index (χ4v) is 0.612. The van der Waals surface area contributed by atoms with Gasteiger partial charge < -0.3 is 5.32 Å². The van der Waals surface area contributed by atoms with Crippen LogP contribution in [0.3, 0.4) is 0 Å². The largest absolute Gasteiger partial charge is 0.313 e. The maximum Gasteiger partial charge on any atom is 0.0134 e. The predicted octanol–water partition coefficient (Wildman–Crippen LogP) is 1.95. The topological polar surface area (TPSA) is 12.0 Å². The minimum Gasteiger partial charge on any atom is -0.313 e. The maximum absolute atomic E-state index is 3.28. The molecule has 1 N–H and O–H groups in total. The molecule has 0 aromatic carbocycles. The van der Waals surface area contributed by atoms with Gasteiger partial charge in [0.2, 0.25) is 0 Å². The van der Waals surface area contributed by atoms with E-state index in [2.05, 4.69) is 31.3 Å². The van der Waals surface area contributed by atoms with Gasteiger partial charge in [0, 0.05) is 6.54 Å². The van der Waals surface area contributed by atoms with Crippen molar-refractivity contribution in [2.45, 2.75) is 26.7 Å². The zero-order valence-corrected chi connectivity index (χ0v) is 6.48. The lowest BCUT2D eigenvalue weighted by Gasteiger charge is -1.94. The Hall–Kier alpha value is -0.300. The number of hydrogen-bond donors (Lipinski definition) is 1. The molecule has 54 valence electrons. The van der Waals surface area contributed by atoms with Crippen molar-refractivity contribution in [3.05, 3.63) is 12.2 Å². The van der Waals surface area contributed by atoms with Gasteiger partial charge in [0.15, 0.2) is 0 Å². The molecule has 9 heavy (non-hydrogen) atoms. The fourth-order valence-electron chi connectivity index (χ4n) is 0.612. The van der Waals surface area contributed by atoms with Crippen molar-refractivity contribution in [2.75, 3.05) is 13.1 Å². The Bertz CT molecular complexity index is 67.0. The van der Waals surface area contributed by atoms with Gasteiger partial charge in [-0.15, -0.1) is 0 Å². The molecule has 0 fully saturated rings. The van der Waals surface area contributed by atoms with Crippen molar-refractivity contribution < 1.29 is 0 Å². The van der Waals surface area contributed by atoms with Crippen molar-refractivity contribution in [3.63, 3.8) is 0 Å². The molecule has 0 aliphatic carbocycles. The van der Waals surface area contributed by atoms with Crippen molar-refractivity contribution in [3.8, 4) is 0 Å². The second kappa shape index (κ2) is 7.70. The molecule has 0 spiro atoms. The van der Waals surface area contributed by atoms with Gasteiger partial charge in [-0.25, -0.2) is 0 Å². The fraction of sp³-hybridized carbons (Fsp3) is 0.750. The Morgan fingerprint density at radius 3 is 2.56 bits per heavy atom. The van der Waals surface area contributed by atoms with E-state index in [-0.39, 0.29) is 0 Å². The zero-order valence-electron chi connectivity index (χ0n) is 6.48. The molecular weight excluding hydrogens is 110 g/mol. The van der Waals surface area contributed by atoms with Crippen LogP contribution in [-0.2, 0) is 0 Å². The van der Waals surface area contributed by atoms with Crippen LogP contribution in [-0.4, -0.2) is 13.1 Å². The van der Waals surface area contributed by atoms with E-state index in [1.807, 2.05) is 0 Å². The molecule has 0 bridgehead atoms. The first kappa shape index (κ1) is 8.70. The van der Waals surface area contributed by atoms with Crippen LogP contribution in [0.2, 0.25) is 0 Å². The Kier molecular flexibility index (Phi) is 7.44. The quantitative estimate of drug-likeness (QED) is 0.439. The highest BCUT2D eigenvalue weighted by molar-refractivity contribution is 4.81. The second-order valence-electron chi connectivity index (χ2n) is 2.08. The van der Waals surface area contributed by atoms with Crippen molar-refractivity contribution in [1.82, 2.24) is 5.32 Å². The molecule has 0 aliphatic rings. The van der Waals surface area contributed by atoms with Gasteiger partial charge in [0.25, 0.3) is 0 Å². The van der Waals surface area contributed by atoms with E-state index >= 15 is 0 Å². The number of hydrogen-bond acceptors (Lipinski definition) is 1. The van der Waals surface area contributed by atoms with Gasteiger partial charge in [-0.05, 0) is 19.4 Å². The summed E-state index contributed by atoms with van der Waals surface area (Å²) in [4.78, 5) is 0.